The number of esters is 1. The largest absolute Gasteiger partial charge is 0.487 e. The zero-order valence-corrected chi connectivity index (χ0v) is 17.7. The molecule has 3 heterocycles. The summed E-state index contributed by atoms with van der Waals surface area (Å²) in [6.07, 6.45) is 6.98. The summed E-state index contributed by atoms with van der Waals surface area (Å²) in [6, 6.07) is 5.86. The van der Waals surface area contributed by atoms with Crippen molar-refractivity contribution in [3.05, 3.63) is 46.8 Å². The van der Waals surface area contributed by atoms with Crippen LogP contribution in [-0.4, -0.2) is 34.6 Å². The molecule has 0 saturated carbocycles. The Labute approximate surface area is 173 Å². The van der Waals surface area contributed by atoms with E-state index in [1.54, 1.807) is 18.6 Å². The first-order valence-corrected chi connectivity index (χ1v) is 10.4. The molecule has 2 aliphatic rings. The molecule has 0 amide bonds. The maximum absolute atomic E-state index is 12.9. The minimum absolute atomic E-state index is 0.0884. The van der Waals surface area contributed by atoms with E-state index >= 15 is 0 Å². The summed E-state index contributed by atoms with van der Waals surface area (Å²) in [6.45, 7) is 5.61. The number of rotatable bonds is 3. The molecular formula is C21H24BrN3O3. The molecule has 6 nitrogen and oxygen atoms in total. The molecular weight excluding hydrogens is 422 g/mol. The van der Waals surface area contributed by atoms with Gasteiger partial charge in [-0.3, -0.25) is 9.78 Å². The molecule has 1 aromatic heterocycles. The number of nitrogens with zero attached hydrogens (tertiary/aromatic N) is 3. The number of hydrogen-bond donors (Lipinski definition) is 0. The van der Waals surface area contributed by atoms with E-state index in [2.05, 4.69) is 30.8 Å². The predicted molar refractivity (Wildman–Crippen MR) is 109 cm³/mol. The minimum atomic E-state index is -0.374. The van der Waals surface area contributed by atoms with Gasteiger partial charge in [0.15, 0.2) is 0 Å². The highest BCUT2D eigenvalue weighted by Crippen LogP contribution is 2.43. The number of hydrogen-bond acceptors (Lipinski definition) is 6. The van der Waals surface area contributed by atoms with Crippen molar-refractivity contribution >= 4 is 27.7 Å². The molecule has 1 saturated heterocycles. The van der Waals surface area contributed by atoms with Crippen LogP contribution in [0.5, 0.6) is 5.75 Å². The lowest BCUT2D eigenvalue weighted by Crippen LogP contribution is -2.39. The number of benzene rings is 1. The fraction of sp³-hybridized carbons (Fsp3) is 0.476. The summed E-state index contributed by atoms with van der Waals surface area (Å²) < 4.78 is 13.0. The van der Waals surface area contributed by atoms with Crippen molar-refractivity contribution in [1.82, 2.24) is 9.97 Å². The smallest absolute Gasteiger partial charge is 0.309 e. The second kappa shape index (κ2) is 7.70. The van der Waals surface area contributed by atoms with E-state index in [1.165, 1.54) is 0 Å². The highest BCUT2D eigenvalue weighted by Gasteiger charge is 2.37. The van der Waals surface area contributed by atoms with Crippen LogP contribution >= 0.6 is 15.9 Å². The van der Waals surface area contributed by atoms with Crippen LogP contribution in [0, 0.1) is 5.92 Å². The van der Waals surface area contributed by atoms with E-state index in [-0.39, 0.29) is 23.6 Å². The number of carbonyl (C=O) groups is 1. The van der Waals surface area contributed by atoms with E-state index in [9.17, 15) is 4.79 Å². The number of piperidine rings is 1. The Hall–Kier alpha value is -2.15. The number of halogens is 1. The van der Waals surface area contributed by atoms with Gasteiger partial charge in [0.25, 0.3) is 0 Å². The molecule has 2 aliphatic heterocycles. The average Bonchev–Trinajstić information content (AvgIpc) is 2.69. The highest BCUT2D eigenvalue weighted by molar-refractivity contribution is 9.10. The standard InChI is InChI=1S/C21H24BrN3O3/c1-21(2)12-18(16-11-15(22)3-4-17(16)28-21)27-20(26)14-5-9-25(10-6-14)19-13-23-7-8-24-19/h3-4,7-8,11,13-14,18H,5-6,9-10,12H2,1-2H3/t18-/m1/s1. The third kappa shape index (κ3) is 4.14. The van der Waals surface area contributed by atoms with E-state index < -0.39 is 0 Å². The van der Waals surface area contributed by atoms with Gasteiger partial charge in [0.2, 0.25) is 0 Å². The van der Waals surface area contributed by atoms with Crippen LogP contribution in [0.3, 0.4) is 0 Å². The number of fused-ring (bicyclic) bond motifs is 1. The van der Waals surface area contributed by atoms with Crippen LogP contribution in [0.15, 0.2) is 41.3 Å². The van der Waals surface area contributed by atoms with Crippen molar-refractivity contribution in [3.63, 3.8) is 0 Å². The third-order valence-electron chi connectivity index (χ3n) is 5.34. The summed E-state index contributed by atoms with van der Waals surface area (Å²) >= 11 is 3.51. The molecule has 1 fully saturated rings. The molecule has 0 aliphatic carbocycles. The third-order valence-corrected chi connectivity index (χ3v) is 5.84. The van der Waals surface area contributed by atoms with Gasteiger partial charge in [-0.1, -0.05) is 15.9 Å². The van der Waals surface area contributed by atoms with E-state index in [0.717, 1.165) is 47.5 Å². The van der Waals surface area contributed by atoms with Crippen LogP contribution in [-0.2, 0) is 9.53 Å². The number of aromatic nitrogens is 2. The van der Waals surface area contributed by atoms with Gasteiger partial charge in [-0.2, -0.15) is 0 Å². The molecule has 28 heavy (non-hydrogen) atoms. The van der Waals surface area contributed by atoms with E-state index in [4.69, 9.17) is 9.47 Å². The van der Waals surface area contributed by atoms with Gasteiger partial charge in [0.1, 0.15) is 23.3 Å². The molecule has 1 aromatic carbocycles. The average molecular weight is 446 g/mol. The number of anilines is 1. The van der Waals surface area contributed by atoms with E-state index in [0.29, 0.717) is 6.42 Å². The summed E-state index contributed by atoms with van der Waals surface area (Å²) in [7, 11) is 0. The molecule has 0 radical (unpaired) electrons. The molecule has 7 heteroatoms. The Balaban J connectivity index is 1.42. The second-order valence-electron chi connectivity index (χ2n) is 8.00. The zero-order chi connectivity index (χ0) is 19.7. The summed E-state index contributed by atoms with van der Waals surface area (Å²) in [5.41, 5.74) is 0.556. The maximum atomic E-state index is 12.9. The van der Waals surface area contributed by atoms with Crippen LogP contribution < -0.4 is 9.64 Å². The minimum Gasteiger partial charge on any atom is -0.487 e. The van der Waals surface area contributed by atoms with Crippen molar-refractivity contribution in [2.75, 3.05) is 18.0 Å². The highest BCUT2D eigenvalue weighted by atomic mass is 79.9. The summed E-state index contributed by atoms with van der Waals surface area (Å²) in [5.74, 6) is 1.44. The Morgan fingerprint density at radius 1 is 1.29 bits per heavy atom. The van der Waals surface area contributed by atoms with Gasteiger partial charge in [0.05, 0.1) is 12.1 Å². The normalized spacial score (nSPS) is 21.5. The van der Waals surface area contributed by atoms with Crippen LogP contribution in [0.4, 0.5) is 5.82 Å². The Morgan fingerprint density at radius 3 is 2.79 bits per heavy atom. The summed E-state index contributed by atoms with van der Waals surface area (Å²) in [5, 5.41) is 0. The molecule has 2 aromatic rings. The molecule has 0 N–H and O–H groups in total. The van der Waals surface area contributed by atoms with Crippen LogP contribution in [0.1, 0.15) is 44.8 Å². The van der Waals surface area contributed by atoms with Gasteiger partial charge in [-0.05, 0) is 44.9 Å². The monoisotopic (exact) mass is 445 g/mol. The topological polar surface area (TPSA) is 64.5 Å². The lowest BCUT2D eigenvalue weighted by molar-refractivity contribution is -0.159. The number of carbonyl (C=O) groups excluding carboxylic acids is 1. The Morgan fingerprint density at radius 2 is 2.07 bits per heavy atom. The molecule has 0 bridgehead atoms. The van der Waals surface area contributed by atoms with Gasteiger partial charge >= 0.3 is 5.97 Å². The van der Waals surface area contributed by atoms with Crippen molar-refractivity contribution in [1.29, 1.82) is 0 Å². The Kier molecular flexibility index (Phi) is 5.27. The van der Waals surface area contributed by atoms with Crippen LogP contribution in [0.2, 0.25) is 0 Å². The first kappa shape index (κ1) is 19.2. The fourth-order valence-electron chi connectivity index (χ4n) is 3.90. The van der Waals surface area contributed by atoms with Crippen molar-refractivity contribution in [2.24, 2.45) is 5.92 Å². The van der Waals surface area contributed by atoms with Gasteiger partial charge < -0.3 is 14.4 Å². The lowest BCUT2D eigenvalue weighted by atomic mass is 9.91. The van der Waals surface area contributed by atoms with Gasteiger partial charge in [-0.15, -0.1) is 0 Å². The van der Waals surface area contributed by atoms with Crippen molar-refractivity contribution in [3.8, 4) is 5.75 Å². The van der Waals surface area contributed by atoms with Crippen LogP contribution in [0.25, 0.3) is 0 Å². The first-order chi connectivity index (χ1) is 13.4. The molecule has 0 unspecified atom stereocenters. The predicted octanol–water partition coefficient (Wildman–Crippen LogP) is 4.30. The quantitative estimate of drug-likeness (QED) is 0.656. The lowest BCUT2D eigenvalue weighted by Gasteiger charge is -2.38. The van der Waals surface area contributed by atoms with Crippen molar-refractivity contribution < 1.29 is 14.3 Å². The summed E-state index contributed by atoms with van der Waals surface area (Å²) in [4.78, 5) is 23.5. The zero-order valence-electron chi connectivity index (χ0n) is 16.1. The fourth-order valence-corrected chi connectivity index (χ4v) is 4.28. The molecule has 148 valence electrons. The number of ether oxygens (including phenoxy) is 2. The SMILES string of the molecule is CC1(C)C[C@@H](OC(=O)C2CCN(c3cnccn3)CC2)c2cc(Br)ccc2O1. The van der Waals surface area contributed by atoms with E-state index in [1.807, 2.05) is 32.0 Å². The maximum Gasteiger partial charge on any atom is 0.309 e. The van der Waals surface area contributed by atoms with Gasteiger partial charge in [0, 0.05) is 41.9 Å². The van der Waals surface area contributed by atoms with Gasteiger partial charge in [-0.25, -0.2) is 4.98 Å². The second-order valence-corrected chi connectivity index (χ2v) is 8.91. The molecule has 1 atom stereocenters. The Bertz CT molecular complexity index is 851. The molecule has 4 rings (SSSR count). The first-order valence-electron chi connectivity index (χ1n) is 9.61. The van der Waals surface area contributed by atoms with Crippen molar-refractivity contribution in [2.45, 2.75) is 44.8 Å². The molecule has 0 spiro atoms.